The van der Waals surface area contributed by atoms with Gasteiger partial charge in [0.15, 0.2) is 0 Å². The lowest BCUT2D eigenvalue weighted by Gasteiger charge is -2.17. The second-order valence-electron chi connectivity index (χ2n) is 3.70. The summed E-state index contributed by atoms with van der Waals surface area (Å²) in [6, 6.07) is 4.10. The maximum atomic E-state index is 5.39. The predicted molar refractivity (Wildman–Crippen MR) is 66.3 cm³/mol. The van der Waals surface area contributed by atoms with Crippen molar-refractivity contribution in [1.82, 2.24) is 0 Å². The highest BCUT2D eigenvalue weighted by molar-refractivity contribution is 9.08. The summed E-state index contributed by atoms with van der Waals surface area (Å²) in [6.45, 7) is 4.27. The fourth-order valence-corrected chi connectivity index (χ4v) is 1.96. The number of rotatable bonds is 4. The summed E-state index contributed by atoms with van der Waals surface area (Å²) in [7, 11) is 3.39. The van der Waals surface area contributed by atoms with Crippen molar-refractivity contribution in [2.75, 3.05) is 14.2 Å². The molecule has 0 aliphatic heterocycles. The molecule has 84 valence electrons. The number of halogens is 1. The topological polar surface area (TPSA) is 18.5 Å². The molecule has 0 unspecified atom stereocenters. The number of alkyl halides is 1. The zero-order chi connectivity index (χ0) is 11.4. The van der Waals surface area contributed by atoms with Crippen molar-refractivity contribution in [3.05, 3.63) is 23.3 Å². The lowest BCUT2D eigenvalue weighted by atomic mass is 9.99. The van der Waals surface area contributed by atoms with Crippen LogP contribution in [-0.4, -0.2) is 14.2 Å². The van der Waals surface area contributed by atoms with Crippen molar-refractivity contribution >= 4 is 15.9 Å². The second-order valence-corrected chi connectivity index (χ2v) is 4.26. The molecule has 0 aliphatic rings. The average molecular weight is 273 g/mol. The van der Waals surface area contributed by atoms with Gasteiger partial charge in [-0.25, -0.2) is 0 Å². The quantitative estimate of drug-likeness (QED) is 0.778. The van der Waals surface area contributed by atoms with Gasteiger partial charge in [-0.05, 0) is 23.6 Å². The van der Waals surface area contributed by atoms with E-state index in [-0.39, 0.29) is 0 Å². The van der Waals surface area contributed by atoms with E-state index in [1.165, 1.54) is 0 Å². The number of hydrogen-bond acceptors (Lipinski definition) is 2. The first-order chi connectivity index (χ1) is 7.13. The monoisotopic (exact) mass is 272 g/mol. The number of methoxy groups -OCH3 is 2. The fourth-order valence-electron chi connectivity index (χ4n) is 1.64. The van der Waals surface area contributed by atoms with Crippen molar-refractivity contribution in [3.8, 4) is 11.5 Å². The molecule has 0 amide bonds. The van der Waals surface area contributed by atoms with E-state index in [1.807, 2.05) is 12.1 Å². The van der Waals surface area contributed by atoms with Crippen LogP contribution in [0, 0.1) is 0 Å². The van der Waals surface area contributed by atoms with Gasteiger partial charge in [0.25, 0.3) is 0 Å². The molecular weight excluding hydrogens is 256 g/mol. The second kappa shape index (κ2) is 5.40. The third kappa shape index (κ3) is 2.65. The largest absolute Gasteiger partial charge is 0.496 e. The normalized spacial score (nSPS) is 10.5. The van der Waals surface area contributed by atoms with E-state index in [4.69, 9.17) is 9.47 Å². The maximum Gasteiger partial charge on any atom is 0.126 e. The highest BCUT2D eigenvalue weighted by Crippen LogP contribution is 2.36. The molecule has 0 aliphatic carbocycles. The molecule has 0 heterocycles. The molecular formula is C12H17BrO2. The van der Waals surface area contributed by atoms with E-state index in [0.29, 0.717) is 5.92 Å². The Labute approximate surface area is 99.7 Å². The number of benzene rings is 1. The molecule has 15 heavy (non-hydrogen) atoms. The van der Waals surface area contributed by atoms with Crippen LogP contribution in [0.25, 0.3) is 0 Å². The average Bonchev–Trinajstić information content (AvgIpc) is 2.26. The summed E-state index contributed by atoms with van der Waals surface area (Å²) >= 11 is 3.43. The predicted octanol–water partition coefficient (Wildman–Crippen LogP) is 3.72. The van der Waals surface area contributed by atoms with Gasteiger partial charge in [0.2, 0.25) is 0 Å². The zero-order valence-electron chi connectivity index (χ0n) is 9.63. The Morgan fingerprint density at radius 3 is 1.87 bits per heavy atom. The van der Waals surface area contributed by atoms with Crippen molar-refractivity contribution in [2.45, 2.75) is 25.1 Å². The smallest absolute Gasteiger partial charge is 0.126 e. The van der Waals surface area contributed by atoms with Crippen LogP contribution < -0.4 is 9.47 Å². The Morgan fingerprint density at radius 2 is 1.60 bits per heavy atom. The van der Waals surface area contributed by atoms with Crippen LogP contribution in [0.1, 0.15) is 30.9 Å². The lowest BCUT2D eigenvalue weighted by Crippen LogP contribution is -2.00. The van der Waals surface area contributed by atoms with Crippen LogP contribution >= 0.6 is 15.9 Å². The first-order valence-corrected chi connectivity index (χ1v) is 6.07. The molecule has 0 bridgehead atoms. The molecule has 0 fully saturated rings. The molecule has 1 rings (SSSR count). The molecule has 0 saturated heterocycles. The van der Waals surface area contributed by atoms with Crippen LogP contribution in [0.3, 0.4) is 0 Å². The Balaban J connectivity index is 3.32. The molecule has 0 spiro atoms. The van der Waals surface area contributed by atoms with Gasteiger partial charge in [-0.3, -0.25) is 0 Å². The van der Waals surface area contributed by atoms with Gasteiger partial charge in [-0.15, -0.1) is 0 Å². The van der Waals surface area contributed by atoms with Crippen LogP contribution in [0.15, 0.2) is 12.1 Å². The molecule has 0 aromatic heterocycles. The van der Waals surface area contributed by atoms with Gasteiger partial charge in [0.1, 0.15) is 11.5 Å². The van der Waals surface area contributed by atoms with Crippen molar-refractivity contribution in [3.63, 3.8) is 0 Å². The molecule has 0 atom stereocenters. The SMILES string of the molecule is COc1cc(CBr)cc(OC)c1C(C)C. The number of hydrogen-bond donors (Lipinski definition) is 0. The summed E-state index contributed by atoms with van der Waals surface area (Å²) < 4.78 is 10.8. The molecule has 0 radical (unpaired) electrons. The van der Waals surface area contributed by atoms with Crippen LogP contribution in [-0.2, 0) is 5.33 Å². The van der Waals surface area contributed by atoms with Crippen molar-refractivity contribution in [1.29, 1.82) is 0 Å². The van der Waals surface area contributed by atoms with Crippen molar-refractivity contribution in [2.24, 2.45) is 0 Å². The summed E-state index contributed by atoms with van der Waals surface area (Å²) in [5, 5.41) is 0.804. The van der Waals surface area contributed by atoms with E-state index in [0.717, 1.165) is 28.0 Å². The molecule has 2 nitrogen and oxygen atoms in total. The van der Waals surface area contributed by atoms with Gasteiger partial charge in [-0.2, -0.15) is 0 Å². The van der Waals surface area contributed by atoms with Gasteiger partial charge >= 0.3 is 0 Å². The van der Waals surface area contributed by atoms with Gasteiger partial charge in [-0.1, -0.05) is 29.8 Å². The third-order valence-electron chi connectivity index (χ3n) is 2.34. The summed E-state index contributed by atoms with van der Waals surface area (Å²) in [6.07, 6.45) is 0. The molecule has 1 aromatic rings. The minimum Gasteiger partial charge on any atom is -0.496 e. The van der Waals surface area contributed by atoms with Crippen LogP contribution in [0.2, 0.25) is 0 Å². The maximum absolute atomic E-state index is 5.39. The van der Waals surface area contributed by atoms with E-state index < -0.39 is 0 Å². The highest BCUT2D eigenvalue weighted by atomic mass is 79.9. The fraction of sp³-hybridized carbons (Fsp3) is 0.500. The first kappa shape index (κ1) is 12.4. The minimum absolute atomic E-state index is 0.388. The number of ether oxygens (including phenoxy) is 2. The summed E-state index contributed by atoms with van der Waals surface area (Å²) in [5.74, 6) is 2.19. The standard InChI is InChI=1S/C12H17BrO2/c1-8(2)12-10(14-3)5-9(7-13)6-11(12)15-4/h5-6,8H,7H2,1-4H3. The molecule has 3 heteroatoms. The Morgan fingerprint density at radius 1 is 1.13 bits per heavy atom. The Hall–Kier alpha value is -0.700. The van der Waals surface area contributed by atoms with E-state index in [1.54, 1.807) is 14.2 Å². The van der Waals surface area contributed by atoms with Crippen molar-refractivity contribution < 1.29 is 9.47 Å². The third-order valence-corrected chi connectivity index (χ3v) is 2.98. The molecule has 0 N–H and O–H groups in total. The van der Waals surface area contributed by atoms with Crippen LogP contribution in [0.4, 0.5) is 0 Å². The first-order valence-electron chi connectivity index (χ1n) is 4.94. The highest BCUT2D eigenvalue weighted by Gasteiger charge is 2.15. The summed E-state index contributed by atoms with van der Waals surface area (Å²) in [5.41, 5.74) is 2.29. The molecule has 1 aromatic carbocycles. The van der Waals surface area contributed by atoms with Gasteiger partial charge < -0.3 is 9.47 Å². The lowest BCUT2D eigenvalue weighted by molar-refractivity contribution is 0.381. The van der Waals surface area contributed by atoms with E-state index in [9.17, 15) is 0 Å². The molecule has 0 saturated carbocycles. The van der Waals surface area contributed by atoms with Gasteiger partial charge in [0, 0.05) is 10.9 Å². The van der Waals surface area contributed by atoms with E-state index in [2.05, 4.69) is 29.8 Å². The Kier molecular flexibility index (Phi) is 4.45. The van der Waals surface area contributed by atoms with Crippen LogP contribution in [0.5, 0.6) is 11.5 Å². The van der Waals surface area contributed by atoms with E-state index >= 15 is 0 Å². The minimum atomic E-state index is 0.388. The Bertz CT molecular complexity index is 309. The summed E-state index contributed by atoms with van der Waals surface area (Å²) in [4.78, 5) is 0. The van der Waals surface area contributed by atoms with Gasteiger partial charge in [0.05, 0.1) is 14.2 Å². The zero-order valence-corrected chi connectivity index (χ0v) is 11.2.